The molecule has 0 aromatic heterocycles. The van der Waals surface area contributed by atoms with Crippen molar-refractivity contribution < 1.29 is 19.4 Å². The van der Waals surface area contributed by atoms with Crippen molar-refractivity contribution in [2.75, 3.05) is 0 Å². The van der Waals surface area contributed by atoms with Crippen molar-refractivity contribution in [2.45, 2.75) is 6.42 Å². The summed E-state index contributed by atoms with van der Waals surface area (Å²) < 4.78 is 5.11. The predicted molar refractivity (Wildman–Crippen MR) is 68.6 cm³/mol. The second kappa shape index (κ2) is 5.58. The lowest BCUT2D eigenvalue weighted by atomic mass is 10.1. The van der Waals surface area contributed by atoms with Crippen molar-refractivity contribution in [3.05, 3.63) is 52.8 Å². The van der Waals surface area contributed by atoms with Crippen molar-refractivity contribution in [3.8, 4) is 5.75 Å². The van der Waals surface area contributed by atoms with Gasteiger partial charge < -0.3 is 15.2 Å². The van der Waals surface area contributed by atoms with Crippen molar-refractivity contribution >= 4 is 23.5 Å². The van der Waals surface area contributed by atoms with Crippen LogP contribution in [0.2, 0.25) is 5.02 Å². The summed E-state index contributed by atoms with van der Waals surface area (Å²) in [5, 5.41) is 11.8. The first kappa shape index (κ1) is 13.2. The van der Waals surface area contributed by atoms with Gasteiger partial charge >= 0.3 is 11.9 Å². The Kier molecular flexibility index (Phi) is 3.87. The van der Waals surface area contributed by atoms with Gasteiger partial charge in [-0.3, -0.25) is 0 Å². The molecule has 0 spiro atoms. The fourth-order valence-electron chi connectivity index (χ4n) is 1.51. The Hall–Kier alpha value is -2.27. The molecule has 1 aliphatic heterocycles. The van der Waals surface area contributed by atoms with Crippen LogP contribution in [0.1, 0.15) is 6.42 Å². The molecule has 1 heterocycles. The zero-order valence-electron chi connectivity index (χ0n) is 9.72. The van der Waals surface area contributed by atoms with E-state index in [9.17, 15) is 9.59 Å². The highest BCUT2D eigenvalue weighted by molar-refractivity contribution is 6.32. The highest BCUT2D eigenvalue weighted by Crippen LogP contribution is 2.25. The summed E-state index contributed by atoms with van der Waals surface area (Å²) in [4.78, 5) is 22.7. The van der Waals surface area contributed by atoms with Gasteiger partial charge in [-0.1, -0.05) is 23.7 Å². The molecule has 0 fully saturated rings. The Bertz CT molecular complexity index is 592. The molecule has 5 nitrogen and oxygen atoms in total. The average molecular weight is 280 g/mol. The van der Waals surface area contributed by atoms with Crippen LogP contribution in [0.4, 0.5) is 0 Å². The number of dihydropyridines is 1. The first-order valence-electron chi connectivity index (χ1n) is 5.42. The largest absolute Gasteiger partial charge is 0.478 e. The maximum atomic E-state index is 11.9. The number of aliphatic carboxylic acids is 1. The first-order valence-corrected chi connectivity index (χ1v) is 5.80. The summed E-state index contributed by atoms with van der Waals surface area (Å²) in [6.45, 7) is 0. The number of para-hydroxylation sites is 1. The zero-order valence-corrected chi connectivity index (χ0v) is 10.5. The normalized spacial score (nSPS) is 13.9. The number of carboxylic acids is 1. The standard InChI is InChI=1S/C13H10ClNO4/c14-10-3-1-2-4-11(10)19-13(18)9-5-8(12(16)17)6-15-7-9/h1-4,6-7,15H,5H2,(H,16,17). The Balaban J connectivity index is 2.08. The molecule has 6 heteroatoms. The first-order chi connectivity index (χ1) is 9.08. The van der Waals surface area contributed by atoms with Crippen LogP contribution in [0.3, 0.4) is 0 Å². The second-order valence-corrected chi connectivity index (χ2v) is 4.21. The van der Waals surface area contributed by atoms with Crippen molar-refractivity contribution in [3.63, 3.8) is 0 Å². The highest BCUT2D eigenvalue weighted by atomic mass is 35.5. The van der Waals surface area contributed by atoms with Gasteiger partial charge in [0.05, 0.1) is 16.2 Å². The molecule has 0 bridgehead atoms. The fraction of sp³-hybridized carbons (Fsp3) is 0.0769. The molecule has 2 N–H and O–H groups in total. The van der Waals surface area contributed by atoms with Crippen molar-refractivity contribution in [2.24, 2.45) is 0 Å². The minimum Gasteiger partial charge on any atom is -0.478 e. The van der Waals surface area contributed by atoms with Crippen LogP contribution in [-0.4, -0.2) is 17.0 Å². The number of rotatable bonds is 3. The van der Waals surface area contributed by atoms with E-state index >= 15 is 0 Å². The number of hydrogen-bond donors (Lipinski definition) is 2. The molecule has 1 aromatic rings. The lowest BCUT2D eigenvalue weighted by Gasteiger charge is -2.13. The topological polar surface area (TPSA) is 75.6 Å². The van der Waals surface area contributed by atoms with Gasteiger partial charge in [0.25, 0.3) is 0 Å². The minimum atomic E-state index is -1.08. The number of nitrogens with one attached hydrogen (secondary N) is 1. The van der Waals surface area contributed by atoms with Gasteiger partial charge in [0.15, 0.2) is 0 Å². The Morgan fingerprint density at radius 1 is 1.21 bits per heavy atom. The molecule has 0 amide bonds. The number of hydrogen-bond acceptors (Lipinski definition) is 4. The average Bonchev–Trinajstić information content (AvgIpc) is 2.41. The molecule has 0 aliphatic carbocycles. The molecule has 0 atom stereocenters. The van der Waals surface area contributed by atoms with E-state index in [4.69, 9.17) is 21.4 Å². The second-order valence-electron chi connectivity index (χ2n) is 3.81. The third-order valence-corrected chi connectivity index (χ3v) is 2.78. The van der Waals surface area contributed by atoms with Crippen LogP contribution in [0.15, 0.2) is 47.8 Å². The van der Waals surface area contributed by atoms with Crippen LogP contribution in [-0.2, 0) is 9.59 Å². The number of halogens is 1. The summed E-state index contributed by atoms with van der Waals surface area (Å²) in [7, 11) is 0. The SMILES string of the molecule is O=C(O)C1=CNC=C(C(=O)Oc2ccccc2Cl)C1. The molecule has 2 rings (SSSR count). The monoisotopic (exact) mass is 279 g/mol. The summed E-state index contributed by atoms with van der Waals surface area (Å²) in [6.07, 6.45) is 2.74. The van der Waals surface area contributed by atoms with Crippen LogP contribution < -0.4 is 10.1 Å². The van der Waals surface area contributed by atoms with E-state index in [-0.39, 0.29) is 23.3 Å². The van der Waals surface area contributed by atoms with E-state index in [1.54, 1.807) is 24.3 Å². The molecule has 0 unspecified atom stereocenters. The quantitative estimate of drug-likeness (QED) is 0.654. The van der Waals surface area contributed by atoms with Gasteiger partial charge in [-0.2, -0.15) is 0 Å². The molecular formula is C13H10ClNO4. The third-order valence-electron chi connectivity index (χ3n) is 2.47. The highest BCUT2D eigenvalue weighted by Gasteiger charge is 2.20. The molecule has 0 saturated carbocycles. The third kappa shape index (κ3) is 3.14. The molecule has 98 valence electrons. The number of benzene rings is 1. The molecule has 0 saturated heterocycles. The smallest absolute Gasteiger partial charge is 0.341 e. The van der Waals surface area contributed by atoms with Gasteiger partial charge in [0.2, 0.25) is 0 Å². The Morgan fingerprint density at radius 3 is 2.58 bits per heavy atom. The molecular weight excluding hydrogens is 270 g/mol. The van der Waals surface area contributed by atoms with Gasteiger partial charge in [-0.15, -0.1) is 0 Å². The van der Waals surface area contributed by atoms with Crippen LogP contribution in [0, 0.1) is 0 Å². The van der Waals surface area contributed by atoms with Gasteiger partial charge in [0.1, 0.15) is 5.75 Å². The number of ether oxygens (including phenoxy) is 1. The van der Waals surface area contributed by atoms with Gasteiger partial charge in [0, 0.05) is 18.8 Å². The zero-order chi connectivity index (χ0) is 13.8. The van der Waals surface area contributed by atoms with E-state index < -0.39 is 11.9 Å². The van der Waals surface area contributed by atoms with Gasteiger partial charge in [-0.25, -0.2) is 9.59 Å². The predicted octanol–water partition coefficient (Wildman–Crippen LogP) is 2.09. The lowest BCUT2D eigenvalue weighted by Crippen LogP contribution is -2.20. The van der Waals surface area contributed by atoms with Crippen LogP contribution in [0.5, 0.6) is 5.75 Å². The molecule has 1 aromatic carbocycles. The van der Waals surface area contributed by atoms with E-state index in [0.717, 1.165) is 0 Å². The molecule has 1 aliphatic rings. The maximum Gasteiger partial charge on any atom is 0.341 e. The summed E-state index contributed by atoms with van der Waals surface area (Å²) >= 11 is 5.87. The summed E-state index contributed by atoms with van der Waals surface area (Å²) in [6, 6.07) is 6.56. The van der Waals surface area contributed by atoms with Crippen molar-refractivity contribution in [1.29, 1.82) is 0 Å². The van der Waals surface area contributed by atoms with Crippen LogP contribution >= 0.6 is 11.6 Å². The minimum absolute atomic E-state index is 0.00557. The number of esters is 1. The maximum absolute atomic E-state index is 11.9. The molecule has 19 heavy (non-hydrogen) atoms. The van der Waals surface area contributed by atoms with E-state index in [1.807, 2.05) is 0 Å². The van der Waals surface area contributed by atoms with Gasteiger partial charge in [-0.05, 0) is 12.1 Å². The van der Waals surface area contributed by atoms with Crippen LogP contribution in [0.25, 0.3) is 0 Å². The van der Waals surface area contributed by atoms with E-state index in [0.29, 0.717) is 5.02 Å². The van der Waals surface area contributed by atoms with E-state index in [1.165, 1.54) is 12.4 Å². The van der Waals surface area contributed by atoms with E-state index in [2.05, 4.69) is 5.32 Å². The Morgan fingerprint density at radius 2 is 1.89 bits per heavy atom. The number of carboxylic acid groups (broad SMARTS) is 1. The molecule has 0 radical (unpaired) electrons. The number of carbonyl (C=O) groups excluding carboxylic acids is 1. The van der Waals surface area contributed by atoms with Crippen molar-refractivity contribution in [1.82, 2.24) is 5.32 Å². The summed E-state index contributed by atoms with van der Waals surface area (Å²) in [5.74, 6) is -1.47. The Labute approximate surface area is 114 Å². The summed E-state index contributed by atoms with van der Waals surface area (Å²) in [5.41, 5.74) is 0.313. The fourth-order valence-corrected chi connectivity index (χ4v) is 1.69. The number of carbonyl (C=O) groups is 2. The lowest BCUT2D eigenvalue weighted by molar-refractivity contribution is -0.132.